The molecule has 10 nitrogen and oxygen atoms in total. The molecule has 7 rings (SSSR count). The van der Waals surface area contributed by atoms with Gasteiger partial charge in [-0.1, -0.05) is 37.6 Å². The van der Waals surface area contributed by atoms with Crippen LogP contribution in [0.2, 0.25) is 0 Å². The molecule has 4 aromatic rings. The van der Waals surface area contributed by atoms with Gasteiger partial charge in [-0.05, 0) is 59.5 Å². The van der Waals surface area contributed by atoms with Crippen molar-refractivity contribution in [1.29, 1.82) is 0 Å². The van der Waals surface area contributed by atoms with Gasteiger partial charge in [-0.2, -0.15) is 0 Å². The Hall–Kier alpha value is -4.99. The van der Waals surface area contributed by atoms with Crippen LogP contribution in [-0.4, -0.2) is 69.2 Å². The number of aromatic carboxylic acids is 1. The highest BCUT2D eigenvalue weighted by Gasteiger charge is 2.47. The lowest BCUT2D eigenvalue weighted by Gasteiger charge is -2.46. The second-order valence-electron chi connectivity index (χ2n) is 10.7. The highest BCUT2D eigenvalue weighted by Crippen LogP contribution is 2.44. The fraction of sp³-hybridized carbons (Fsp3) is 0.281. The number of aromatic hydroxyl groups is 1. The minimum atomic E-state index is -0.941. The lowest BCUT2D eigenvalue weighted by atomic mass is 9.86. The topological polar surface area (TPSA) is 132 Å². The summed E-state index contributed by atoms with van der Waals surface area (Å²) in [6, 6.07) is 17.3. The van der Waals surface area contributed by atoms with E-state index in [1.807, 2.05) is 43.3 Å². The van der Waals surface area contributed by atoms with Crippen molar-refractivity contribution >= 4 is 28.7 Å². The molecule has 3 aliphatic rings. The number of nitrogens with one attached hydrogen (secondary N) is 1. The number of phenols is 1. The number of H-pyrrole nitrogens is 1. The quantitative estimate of drug-likeness (QED) is 0.335. The molecule has 0 unspecified atom stereocenters. The van der Waals surface area contributed by atoms with Crippen LogP contribution in [0, 0.1) is 0 Å². The number of carboxylic acids is 1. The van der Waals surface area contributed by atoms with E-state index in [2.05, 4.69) is 11.1 Å². The van der Waals surface area contributed by atoms with Gasteiger partial charge in [-0.15, -0.1) is 0 Å². The van der Waals surface area contributed by atoms with Gasteiger partial charge < -0.3 is 34.5 Å². The molecule has 3 N–H and O–H groups in total. The number of aromatic amines is 1. The molecule has 1 saturated heterocycles. The number of rotatable bonds is 4. The van der Waals surface area contributed by atoms with E-state index < -0.39 is 12.0 Å². The van der Waals surface area contributed by atoms with Crippen molar-refractivity contribution in [2.45, 2.75) is 38.3 Å². The zero-order valence-electron chi connectivity index (χ0n) is 23.3. The van der Waals surface area contributed by atoms with Crippen LogP contribution in [0.5, 0.6) is 17.2 Å². The zero-order chi connectivity index (χ0) is 29.5. The number of aromatic nitrogens is 1. The number of carbonyl (C=O) groups is 3. The number of aryl methyl sites for hydroxylation is 1. The van der Waals surface area contributed by atoms with E-state index in [4.69, 9.17) is 19.7 Å². The number of carbonyl (C=O) groups excluding carboxylic acids is 2. The first-order chi connectivity index (χ1) is 20.3. The average molecular weight is 570 g/mol. The number of nitrogens with zero attached hydrogens (tertiary/aromatic N) is 2. The summed E-state index contributed by atoms with van der Waals surface area (Å²) in [7, 11) is 1.69. The Bertz CT molecular complexity index is 1710. The van der Waals surface area contributed by atoms with Crippen molar-refractivity contribution in [1.82, 2.24) is 14.8 Å². The minimum Gasteiger partial charge on any atom is -0.508 e. The summed E-state index contributed by atoms with van der Waals surface area (Å²) < 4.78 is 11.0. The predicted octanol–water partition coefficient (Wildman–Crippen LogP) is 4.25. The third-order valence-corrected chi connectivity index (χ3v) is 8.00. The van der Waals surface area contributed by atoms with Gasteiger partial charge in [0.25, 0.3) is 0 Å². The molecule has 0 radical (unpaired) electrons. The van der Waals surface area contributed by atoms with E-state index in [1.165, 1.54) is 23.1 Å². The molecule has 0 spiro atoms. The molecule has 42 heavy (non-hydrogen) atoms. The molecular weight excluding hydrogens is 538 g/mol. The van der Waals surface area contributed by atoms with Crippen molar-refractivity contribution in [2.75, 3.05) is 20.4 Å². The molecule has 10 heteroatoms. The largest absolute Gasteiger partial charge is 0.508 e. The van der Waals surface area contributed by atoms with Gasteiger partial charge in [-0.25, -0.2) is 4.79 Å². The van der Waals surface area contributed by atoms with Crippen LogP contribution in [0.15, 0.2) is 60.7 Å². The summed E-state index contributed by atoms with van der Waals surface area (Å²) in [5, 5.41) is 19.1. The van der Waals surface area contributed by atoms with Gasteiger partial charge >= 0.3 is 5.97 Å². The van der Waals surface area contributed by atoms with E-state index in [9.17, 15) is 14.4 Å². The maximum absolute atomic E-state index is 13.1. The Morgan fingerprint density at radius 2 is 1.83 bits per heavy atom. The summed E-state index contributed by atoms with van der Waals surface area (Å²) in [5.74, 6) is 0.459. The maximum atomic E-state index is 13.1. The van der Waals surface area contributed by atoms with Gasteiger partial charge in [0.05, 0.1) is 18.2 Å². The number of likely N-dealkylation sites (N-methyl/N-ethyl adjacent to an activating group) is 1. The number of amides is 2. The van der Waals surface area contributed by atoms with Crippen molar-refractivity contribution in [2.24, 2.45) is 0 Å². The summed E-state index contributed by atoms with van der Waals surface area (Å²) in [6.07, 6.45) is 2.05. The number of carboxylic acid groups (broad SMARTS) is 1. The summed E-state index contributed by atoms with van der Waals surface area (Å²) in [5.41, 5.74) is 4.94. The van der Waals surface area contributed by atoms with E-state index in [0.717, 1.165) is 34.1 Å². The van der Waals surface area contributed by atoms with Crippen LogP contribution in [0.3, 0.4) is 0 Å². The van der Waals surface area contributed by atoms with Crippen LogP contribution in [0.1, 0.15) is 52.1 Å². The third kappa shape index (κ3) is 4.68. The first kappa shape index (κ1) is 27.2. The first-order valence-corrected chi connectivity index (χ1v) is 13.9. The zero-order valence-corrected chi connectivity index (χ0v) is 23.3. The molecule has 2 amide bonds. The van der Waals surface area contributed by atoms with Crippen LogP contribution < -0.4 is 9.47 Å². The Balaban J connectivity index is 0.000000206. The molecule has 1 aromatic heterocycles. The van der Waals surface area contributed by atoms with Crippen molar-refractivity contribution in [3.63, 3.8) is 0 Å². The fourth-order valence-electron chi connectivity index (χ4n) is 6.10. The lowest BCUT2D eigenvalue weighted by Crippen LogP contribution is -2.62. The van der Waals surface area contributed by atoms with Crippen molar-refractivity contribution in [3.8, 4) is 17.2 Å². The van der Waals surface area contributed by atoms with Gasteiger partial charge in [0.1, 0.15) is 11.8 Å². The van der Waals surface area contributed by atoms with E-state index >= 15 is 0 Å². The van der Waals surface area contributed by atoms with E-state index in [0.29, 0.717) is 29.9 Å². The molecule has 3 aliphatic heterocycles. The van der Waals surface area contributed by atoms with Crippen LogP contribution in [-0.2, 0) is 22.4 Å². The van der Waals surface area contributed by atoms with E-state index in [1.54, 1.807) is 11.9 Å². The van der Waals surface area contributed by atoms with Gasteiger partial charge in [-0.3, -0.25) is 9.59 Å². The molecule has 216 valence electrons. The number of ether oxygens (including phenoxy) is 2. The van der Waals surface area contributed by atoms with Crippen molar-refractivity contribution < 1.29 is 34.1 Å². The lowest BCUT2D eigenvalue weighted by molar-refractivity contribution is -0.157. The number of para-hydroxylation sites is 1. The van der Waals surface area contributed by atoms with Crippen LogP contribution in [0.4, 0.5) is 0 Å². The molecule has 4 heterocycles. The highest BCUT2D eigenvalue weighted by atomic mass is 16.7. The first-order valence-electron chi connectivity index (χ1n) is 13.9. The normalized spacial score (nSPS) is 18.8. The number of hydrogen-bond donors (Lipinski definition) is 3. The van der Waals surface area contributed by atoms with E-state index in [-0.39, 0.29) is 42.5 Å². The predicted molar refractivity (Wildman–Crippen MR) is 154 cm³/mol. The number of piperazine rings is 1. The van der Waals surface area contributed by atoms with Gasteiger partial charge in [0, 0.05) is 30.1 Å². The summed E-state index contributed by atoms with van der Waals surface area (Å²) >= 11 is 0. The number of hydrogen-bond acceptors (Lipinski definition) is 6. The molecule has 0 aliphatic carbocycles. The monoisotopic (exact) mass is 569 g/mol. The van der Waals surface area contributed by atoms with Crippen LogP contribution in [0.25, 0.3) is 10.9 Å². The molecule has 2 atom stereocenters. The minimum absolute atomic E-state index is 0.0220. The second-order valence-corrected chi connectivity index (χ2v) is 10.7. The second kappa shape index (κ2) is 10.8. The fourth-order valence-corrected chi connectivity index (χ4v) is 6.10. The molecular formula is C32H31N3O7. The standard InChI is InChI=1S/C22H19N3O4.C10H12O3/c1-24-10-19(26)25-16(22(24)27)9-14-13-4-2-3-5-15(13)23-20(14)21(25)12-6-7-17-18(8-12)29-11-28-17;1-2-3-7-6-8(11)4-5-9(7)10(12)13/h2-8,16,21,23H,9-11H2,1H3;4-6,11H,2-3H2,1H3,(H,12,13)/t16-,21-;/m1./s1. The maximum Gasteiger partial charge on any atom is 0.335 e. The number of phenolic OH excluding ortho intramolecular Hbond substituents is 1. The van der Waals surface area contributed by atoms with Gasteiger partial charge in [0.15, 0.2) is 11.5 Å². The summed E-state index contributed by atoms with van der Waals surface area (Å²) in [4.78, 5) is 43.6. The third-order valence-electron chi connectivity index (χ3n) is 8.00. The highest BCUT2D eigenvalue weighted by molar-refractivity contribution is 5.97. The Labute approximate surface area is 242 Å². The average Bonchev–Trinajstić information content (AvgIpc) is 3.59. The molecule has 3 aromatic carbocycles. The molecule has 1 fully saturated rings. The smallest absolute Gasteiger partial charge is 0.335 e. The van der Waals surface area contributed by atoms with Crippen molar-refractivity contribution in [3.05, 3.63) is 88.6 Å². The number of benzene rings is 3. The molecule has 0 saturated carbocycles. The Morgan fingerprint density at radius 1 is 1.05 bits per heavy atom. The SMILES string of the molecule is CCCc1cc(O)ccc1C(=O)O.CN1CC(=O)N2[C@H](c3ccc4c(c3)OCO4)c3[nH]c4ccccc4c3C[C@@H]2C1=O. The summed E-state index contributed by atoms with van der Waals surface area (Å²) in [6.45, 7) is 2.25. The van der Waals surface area contributed by atoms with Gasteiger partial charge in [0.2, 0.25) is 18.6 Å². The van der Waals surface area contributed by atoms with Crippen LogP contribution >= 0.6 is 0 Å². The number of fused-ring (bicyclic) bond motifs is 5. The Kier molecular flexibility index (Phi) is 6.97. The Morgan fingerprint density at radius 3 is 2.62 bits per heavy atom. The molecule has 0 bridgehead atoms.